The molecule has 0 aliphatic rings. The SMILES string of the molecule is CCNC(=O)Nc1cc(-c2nc(-c3ccccc3)cs2)c(-c2cc3c(=O)c(C(=O)O)cn(CC(C)(C)C)c3cn2)cn1. The van der Waals surface area contributed by atoms with Crippen LogP contribution in [0.25, 0.3) is 44.0 Å². The second-order valence-electron chi connectivity index (χ2n) is 11.0. The van der Waals surface area contributed by atoms with Crippen LogP contribution in [0.4, 0.5) is 10.6 Å². The van der Waals surface area contributed by atoms with E-state index in [-0.39, 0.29) is 16.4 Å². The molecule has 5 rings (SSSR count). The number of aromatic carboxylic acids is 1. The van der Waals surface area contributed by atoms with Crippen LogP contribution >= 0.6 is 11.3 Å². The summed E-state index contributed by atoms with van der Waals surface area (Å²) in [6.45, 7) is 8.86. The molecule has 0 unspecified atom stereocenters. The van der Waals surface area contributed by atoms with Gasteiger partial charge in [0.15, 0.2) is 0 Å². The highest BCUT2D eigenvalue weighted by atomic mass is 32.1. The smallest absolute Gasteiger partial charge is 0.341 e. The molecule has 42 heavy (non-hydrogen) atoms. The van der Waals surface area contributed by atoms with Crippen LogP contribution in [-0.2, 0) is 6.54 Å². The van der Waals surface area contributed by atoms with Crippen LogP contribution in [0, 0.1) is 5.41 Å². The number of carbonyl (C=O) groups is 2. The lowest BCUT2D eigenvalue weighted by molar-refractivity contribution is 0.0694. The van der Waals surface area contributed by atoms with Crippen molar-refractivity contribution in [3.8, 4) is 33.1 Å². The number of carboxylic acid groups (broad SMARTS) is 1. The van der Waals surface area contributed by atoms with Crippen molar-refractivity contribution in [1.29, 1.82) is 0 Å². The van der Waals surface area contributed by atoms with Gasteiger partial charge in [-0.15, -0.1) is 11.3 Å². The van der Waals surface area contributed by atoms with Gasteiger partial charge in [0, 0.05) is 47.6 Å². The van der Waals surface area contributed by atoms with Gasteiger partial charge in [-0.25, -0.2) is 19.6 Å². The molecular weight excluding hydrogens is 552 g/mol. The second kappa shape index (κ2) is 11.5. The summed E-state index contributed by atoms with van der Waals surface area (Å²) in [5, 5.41) is 18.1. The number of fused-ring (bicyclic) bond motifs is 1. The van der Waals surface area contributed by atoms with E-state index in [4.69, 9.17) is 4.98 Å². The van der Waals surface area contributed by atoms with Gasteiger partial charge in [0.05, 0.1) is 28.5 Å². The topological polar surface area (TPSA) is 139 Å². The van der Waals surface area contributed by atoms with Crippen molar-refractivity contribution in [2.45, 2.75) is 34.2 Å². The van der Waals surface area contributed by atoms with E-state index in [0.717, 1.165) is 11.3 Å². The number of amides is 2. The zero-order valence-electron chi connectivity index (χ0n) is 23.6. The summed E-state index contributed by atoms with van der Waals surface area (Å²) >= 11 is 1.43. The quantitative estimate of drug-likeness (QED) is 0.210. The number of carbonyl (C=O) groups excluding carboxylic acids is 1. The van der Waals surface area contributed by atoms with E-state index in [9.17, 15) is 19.5 Å². The summed E-state index contributed by atoms with van der Waals surface area (Å²) < 4.78 is 1.77. The fourth-order valence-electron chi connectivity index (χ4n) is 4.59. The predicted molar refractivity (Wildman–Crippen MR) is 165 cm³/mol. The Morgan fingerprint density at radius 1 is 1.02 bits per heavy atom. The number of anilines is 1. The van der Waals surface area contributed by atoms with E-state index in [1.165, 1.54) is 17.5 Å². The fraction of sp³-hybridized carbons (Fsp3) is 0.226. The maximum absolute atomic E-state index is 13.3. The minimum Gasteiger partial charge on any atom is -0.477 e. The third-order valence-electron chi connectivity index (χ3n) is 6.40. The van der Waals surface area contributed by atoms with E-state index >= 15 is 0 Å². The van der Waals surface area contributed by atoms with Crippen LogP contribution in [-0.4, -0.2) is 43.2 Å². The van der Waals surface area contributed by atoms with Gasteiger partial charge in [0.25, 0.3) is 0 Å². The van der Waals surface area contributed by atoms with Gasteiger partial charge >= 0.3 is 12.0 Å². The van der Waals surface area contributed by atoms with E-state index in [1.807, 2.05) is 63.4 Å². The Morgan fingerprint density at radius 3 is 2.48 bits per heavy atom. The molecule has 0 saturated carbocycles. The van der Waals surface area contributed by atoms with Crippen LogP contribution < -0.4 is 16.1 Å². The number of nitrogens with one attached hydrogen (secondary N) is 2. The van der Waals surface area contributed by atoms with Crippen LogP contribution in [0.2, 0.25) is 0 Å². The van der Waals surface area contributed by atoms with Crippen LogP contribution in [0.3, 0.4) is 0 Å². The molecule has 0 atom stereocenters. The standard InChI is InChI=1S/C31H30N6O4S/c1-5-32-30(41)36-26-12-19(28-35-24(16-42-28)18-9-7-6-8-10-18)21(13-34-26)23-11-20-25(14-33-23)37(17-31(2,3)4)15-22(27(20)38)29(39)40/h6-16H,5,17H2,1-4H3,(H,39,40)(H2,32,34,36,41). The molecule has 4 heterocycles. The van der Waals surface area contributed by atoms with Gasteiger partial charge in [0.1, 0.15) is 16.4 Å². The van der Waals surface area contributed by atoms with Crippen molar-refractivity contribution in [2.75, 3.05) is 11.9 Å². The number of urea groups is 1. The number of hydrogen-bond acceptors (Lipinski definition) is 7. The largest absolute Gasteiger partial charge is 0.477 e. The lowest BCUT2D eigenvalue weighted by atomic mass is 9.96. The van der Waals surface area contributed by atoms with Crippen molar-refractivity contribution >= 4 is 40.1 Å². The molecule has 0 spiro atoms. The number of pyridine rings is 3. The zero-order valence-corrected chi connectivity index (χ0v) is 24.5. The Kier molecular flexibility index (Phi) is 7.86. The summed E-state index contributed by atoms with van der Waals surface area (Å²) in [5.41, 5.74) is 2.87. The molecule has 11 heteroatoms. The molecule has 0 aliphatic heterocycles. The van der Waals surface area contributed by atoms with Crippen LogP contribution in [0.1, 0.15) is 38.1 Å². The third-order valence-corrected chi connectivity index (χ3v) is 7.28. The Hall–Kier alpha value is -4.90. The molecule has 214 valence electrons. The number of hydrogen-bond donors (Lipinski definition) is 3. The molecule has 3 N–H and O–H groups in total. The van der Waals surface area contributed by atoms with E-state index in [2.05, 4.69) is 20.6 Å². The second-order valence-corrected chi connectivity index (χ2v) is 11.8. The number of benzene rings is 1. The highest BCUT2D eigenvalue weighted by Gasteiger charge is 2.21. The van der Waals surface area contributed by atoms with Crippen molar-refractivity contribution in [3.63, 3.8) is 0 Å². The Balaban J connectivity index is 1.69. The van der Waals surface area contributed by atoms with Gasteiger partial charge in [-0.1, -0.05) is 51.1 Å². The molecule has 1 aromatic carbocycles. The first-order valence-corrected chi connectivity index (χ1v) is 14.2. The van der Waals surface area contributed by atoms with Gasteiger partial charge in [-0.3, -0.25) is 15.1 Å². The summed E-state index contributed by atoms with van der Waals surface area (Å²) in [4.78, 5) is 51.5. The normalized spacial score (nSPS) is 11.4. The Bertz CT molecular complexity index is 1860. The van der Waals surface area contributed by atoms with Gasteiger partial charge < -0.3 is 15.0 Å². The minimum atomic E-state index is -1.29. The molecule has 5 aromatic rings. The molecular formula is C31H30N6O4S. The molecule has 0 aliphatic carbocycles. The molecule has 4 aromatic heterocycles. The number of aromatic nitrogens is 4. The fourth-order valence-corrected chi connectivity index (χ4v) is 5.45. The molecule has 0 fully saturated rings. The number of nitrogens with zero attached hydrogens (tertiary/aromatic N) is 4. The molecule has 0 bridgehead atoms. The van der Waals surface area contributed by atoms with E-state index in [1.54, 1.807) is 29.1 Å². The first-order valence-electron chi connectivity index (χ1n) is 13.4. The Labute approximate surface area is 246 Å². The highest BCUT2D eigenvalue weighted by Crippen LogP contribution is 2.37. The molecule has 2 amide bonds. The first kappa shape index (κ1) is 28.6. The average Bonchev–Trinajstić information content (AvgIpc) is 3.44. The highest BCUT2D eigenvalue weighted by molar-refractivity contribution is 7.13. The molecule has 0 radical (unpaired) electrons. The van der Waals surface area contributed by atoms with Gasteiger partial charge in [-0.2, -0.15) is 0 Å². The lowest BCUT2D eigenvalue weighted by Crippen LogP contribution is -2.28. The molecule has 0 saturated heterocycles. The maximum atomic E-state index is 13.3. The van der Waals surface area contributed by atoms with Crippen molar-refractivity contribution in [2.24, 2.45) is 5.41 Å². The summed E-state index contributed by atoms with van der Waals surface area (Å²) in [6.07, 6.45) is 4.55. The maximum Gasteiger partial charge on any atom is 0.341 e. The monoisotopic (exact) mass is 582 g/mol. The first-order chi connectivity index (χ1) is 20.0. The van der Waals surface area contributed by atoms with Crippen molar-refractivity contribution in [1.82, 2.24) is 24.8 Å². The van der Waals surface area contributed by atoms with Crippen LogP contribution in [0.15, 0.2) is 71.2 Å². The van der Waals surface area contributed by atoms with Crippen LogP contribution in [0.5, 0.6) is 0 Å². The van der Waals surface area contributed by atoms with Crippen molar-refractivity contribution in [3.05, 3.63) is 82.2 Å². The third kappa shape index (κ3) is 6.06. The predicted octanol–water partition coefficient (Wildman–Crippen LogP) is 6.13. The van der Waals surface area contributed by atoms with Gasteiger partial charge in [0.2, 0.25) is 5.43 Å². The van der Waals surface area contributed by atoms with Gasteiger partial charge in [-0.05, 0) is 24.5 Å². The number of carboxylic acids is 1. The zero-order chi connectivity index (χ0) is 30.0. The Morgan fingerprint density at radius 2 is 1.79 bits per heavy atom. The van der Waals surface area contributed by atoms with E-state index in [0.29, 0.717) is 46.3 Å². The number of thiazole rings is 1. The number of rotatable bonds is 7. The molecule has 10 nitrogen and oxygen atoms in total. The summed E-state index contributed by atoms with van der Waals surface area (Å²) in [5.74, 6) is -0.972. The average molecular weight is 583 g/mol. The lowest BCUT2D eigenvalue weighted by Gasteiger charge is -2.22. The summed E-state index contributed by atoms with van der Waals surface area (Å²) in [7, 11) is 0. The van der Waals surface area contributed by atoms with Crippen molar-refractivity contribution < 1.29 is 14.7 Å². The summed E-state index contributed by atoms with van der Waals surface area (Å²) in [6, 6.07) is 12.7. The minimum absolute atomic E-state index is 0.179. The van der Waals surface area contributed by atoms with E-state index < -0.39 is 17.4 Å².